The number of aromatic amines is 1. The first kappa shape index (κ1) is 16.3. The largest absolute Gasteiger partial charge is 0.394 e. The zero-order chi connectivity index (χ0) is 16.5. The van der Waals surface area contributed by atoms with E-state index in [2.05, 4.69) is 20.3 Å². The highest BCUT2D eigenvalue weighted by Crippen LogP contribution is 2.34. The zero-order valence-electron chi connectivity index (χ0n) is 12.1. The number of aliphatic hydroxyl groups excluding tert-OH is 2. The Labute approximate surface area is 125 Å². The van der Waals surface area contributed by atoms with E-state index in [-0.39, 0.29) is 11.6 Å². The highest BCUT2D eigenvalue weighted by Gasteiger charge is 2.53. The van der Waals surface area contributed by atoms with Crippen LogP contribution in [0.2, 0.25) is 0 Å². The molecule has 122 valence electrons. The number of rotatable bonds is 4. The Morgan fingerprint density at radius 1 is 1.68 bits per heavy atom. The van der Waals surface area contributed by atoms with Crippen LogP contribution in [-0.2, 0) is 4.74 Å². The summed E-state index contributed by atoms with van der Waals surface area (Å²) in [6.45, 7) is 2.16. The number of nitrogens with two attached hydrogens (primary N) is 1. The number of nitrogens with one attached hydrogen (secondary N) is 2. The van der Waals surface area contributed by atoms with Crippen LogP contribution in [-0.4, -0.2) is 57.2 Å². The summed E-state index contributed by atoms with van der Waals surface area (Å²) in [5.41, 5.74) is 3.18. The molecule has 2 rings (SSSR count). The first-order chi connectivity index (χ1) is 10.3. The van der Waals surface area contributed by atoms with Gasteiger partial charge < -0.3 is 26.0 Å². The van der Waals surface area contributed by atoms with E-state index in [0.717, 1.165) is 13.3 Å². The minimum absolute atomic E-state index is 0.0191. The molecule has 22 heavy (non-hydrogen) atoms. The molecule has 1 aliphatic rings. The number of aromatic nitrogens is 2. The van der Waals surface area contributed by atoms with Gasteiger partial charge in [0.2, 0.25) is 5.95 Å². The smallest absolute Gasteiger partial charge is 0.276 e. The Morgan fingerprint density at radius 2 is 2.36 bits per heavy atom. The van der Waals surface area contributed by atoms with Gasteiger partial charge in [-0.1, -0.05) is 0 Å². The van der Waals surface area contributed by atoms with E-state index in [9.17, 15) is 14.3 Å². The van der Waals surface area contributed by atoms with E-state index < -0.39 is 36.3 Å². The fourth-order valence-electron chi connectivity index (χ4n) is 2.15. The monoisotopic (exact) mass is 315 g/mol. The van der Waals surface area contributed by atoms with Crippen molar-refractivity contribution < 1.29 is 19.3 Å². The van der Waals surface area contributed by atoms with E-state index in [1.165, 1.54) is 0 Å². The standard InChI is InChI=1S/C12H18FN5O4/c1-5-7(9(21)18-11(14)17-5)15-4-16-10-12(2,13)8(20)6(3-19)22-10/h4,6,8,10,19-20H,3H2,1-2H3,(H,15,16)(H3,14,17,18,21)/t6-,8?,10-,12?/m1/s1. The van der Waals surface area contributed by atoms with Crippen LogP contribution in [0.1, 0.15) is 12.6 Å². The van der Waals surface area contributed by atoms with Crippen LogP contribution < -0.4 is 16.6 Å². The van der Waals surface area contributed by atoms with Crippen molar-refractivity contribution in [3.63, 3.8) is 0 Å². The summed E-state index contributed by atoms with van der Waals surface area (Å²) in [7, 11) is 0. The number of aliphatic imine (C=N–C) groups is 1. The van der Waals surface area contributed by atoms with Crippen LogP contribution in [0.3, 0.4) is 0 Å². The van der Waals surface area contributed by atoms with Gasteiger partial charge >= 0.3 is 0 Å². The van der Waals surface area contributed by atoms with Crippen molar-refractivity contribution in [3.8, 4) is 0 Å². The van der Waals surface area contributed by atoms with Crippen LogP contribution in [0.5, 0.6) is 0 Å². The Kier molecular flexibility index (Phi) is 4.44. The Bertz CT molecular complexity index is 632. The lowest BCUT2D eigenvalue weighted by atomic mass is 9.99. The fraction of sp³-hybridized carbons (Fsp3) is 0.583. The summed E-state index contributed by atoms with van der Waals surface area (Å²) < 4.78 is 19.4. The molecule has 2 heterocycles. The first-order valence-corrected chi connectivity index (χ1v) is 6.55. The van der Waals surface area contributed by atoms with Gasteiger partial charge in [-0.25, -0.2) is 14.4 Å². The molecule has 10 heteroatoms. The molecule has 1 aromatic heterocycles. The molecule has 1 aliphatic heterocycles. The van der Waals surface area contributed by atoms with Crippen molar-refractivity contribution in [1.82, 2.24) is 9.97 Å². The zero-order valence-corrected chi connectivity index (χ0v) is 12.1. The third-order valence-electron chi connectivity index (χ3n) is 3.43. The second-order valence-electron chi connectivity index (χ2n) is 5.14. The van der Waals surface area contributed by atoms with Gasteiger partial charge in [-0.2, -0.15) is 0 Å². The highest BCUT2D eigenvalue weighted by molar-refractivity contribution is 5.76. The predicted octanol–water partition coefficient (Wildman–Crippen LogP) is -1.09. The lowest BCUT2D eigenvalue weighted by Crippen LogP contribution is -2.41. The number of aryl methyl sites for hydroxylation is 1. The van der Waals surface area contributed by atoms with E-state index >= 15 is 0 Å². The minimum atomic E-state index is -2.16. The predicted molar refractivity (Wildman–Crippen MR) is 77.4 cm³/mol. The quantitative estimate of drug-likeness (QED) is 0.350. The average Bonchev–Trinajstić information content (AvgIpc) is 2.64. The maximum atomic E-state index is 14.3. The molecule has 0 aromatic carbocycles. The molecular weight excluding hydrogens is 297 g/mol. The molecule has 6 N–H and O–H groups in total. The van der Waals surface area contributed by atoms with Crippen molar-refractivity contribution in [2.45, 2.75) is 38.0 Å². The van der Waals surface area contributed by atoms with Crippen molar-refractivity contribution in [2.75, 3.05) is 17.7 Å². The number of H-pyrrole nitrogens is 1. The van der Waals surface area contributed by atoms with Gasteiger partial charge in [0.05, 0.1) is 18.6 Å². The van der Waals surface area contributed by atoms with Gasteiger partial charge in [0.25, 0.3) is 5.56 Å². The fourth-order valence-corrected chi connectivity index (χ4v) is 2.15. The van der Waals surface area contributed by atoms with Crippen molar-refractivity contribution in [3.05, 3.63) is 16.0 Å². The summed E-state index contributed by atoms with van der Waals surface area (Å²) >= 11 is 0. The van der Waals surface area contributed by atoms with E-state index in [1.54, 1.807) is 6.92 Å². The van der Waals surface area contributed by atoms with Gasteiger partial charge in [-0.15, -0.1) is 0 Å². The van der Waals surface area contributed by atoms with Crippen LogP contribution in [0.25, 0.3) is 0 Å². The Hall–Kier alpha value is -2.04. The summed E-state index contributed by atoms with van der Waals surface area (Å²) in [6, 6.07) is 0. The summed E-state index contributed by atoms with van der Waals surface area (Å²) in [6.07, 6.45) is -2.79. The first-order valence-electron chi connectivity index (χ1n) is 6.55. The lowest BCUT2D eigenvalue weighted by Gasteiger charge is -2.20. The molecule has 1 saturated heterocycles. The second kappa shape index (κ2) is 5.99. The Balaban J connectivity index is 2.12. The molecule has 0 bridgehead atoms. The van der Waals surface area contributed by atoms with Crippen LogP contribution in [0.4, 0.5) is 16.0 Å². The molecule has 1 aromatic rings. The minimum Gasteiger partial charge on any atom is -0.394 e. The molecule has 0 amide bonds. The molecule has 4 atom stereocenters. The van der Waals surface area contributed by atoms with Crippen LogP contribution in [0, 0.1) is 6.92 Å². The van der Waals surface area contributed by atoms with E-state index in [4.69, 9.17) is 15.6 Å². The molecule has 1 fully saturated rings. The normalized spacial score (nSPS) is 31.8. The number of nitrogens with zero attached hydrogens (tertiary/aromatic N) is 2. The Morgan fingerprint density at radius 3 is 2.91 bits per heavy atom. The van der Waals surface area contributed by atoms with Crippen molar-refractivity contribution in [2.24, 2.45) is 4.99 Å². The van der Waals surface area contributed by atoms with Crippen LogP contribution >= 0.6 is 0 Å². The number of hydrogen-bond donors (Lipinski definition) is 5. The molecule has 2 unspecified atom stereocenters. The molecule has 0 radical (unpaired) electrons. The third kappa shape index (κ3) is 2.93. The van der Waals surface area contributed by atoms with Gasteiger partial charge in [0.15, 0.2) is 11.9 Å². The summed E-state index contributed by atoms with van der Waals surface area (Å²) in [5, 5.41) is 21.3. The number of alkyl halides is 1. The maximum Gasteiger partial charge on any atom is 0.276 e. The van der Waals surface area contributed by atoms with Crippen molar-refractivity contribution in [1.29, 1.82) is 0 Å². The number of hydrogen-bond acceptors (Lipinski definition) is 7. The van der Waals surface area contributed by atoms with Crippen molar-refractivity contribution >= 4 is 18.0 Å². The lowest BCUT2D eigenvalue weighted by molar-refractivity contribution is -0.0192. The number of aliphatic hydroxyl groups is 2. The SMILES string of the molecule is Cc1nc(N)[nH]c(=O)c1NC=N[C@@H]1O[C@H](CO)C(O)C1(C)F. The van der Waals surface area contributed by atoms with Crippen LogP contribution in [0.15, 0.2) is 9.79 Å². The molecule has 0 saturated carbocycles. The van der Waals surface area contributed by atoms with E-state index in [0.29, 0.717) is 5.69 Å². The third-order valence-corrected chi connectivity index (χ3v) is 3.43. The number of ether oxygens (including phenoxy) is 1. The summed E-state index contributed by atoms with van der Waals surface area (Å²) in [5.74, 6) is -0.0191. The van der Waals surface area contributed by atoms with Gasteiger partial charge in [-0.05, 0) is 13.8 Å². The van der Waals surface area contributed by atoms with Gasteiger partial charge in [-0.3, -0.25) is 9.78 Å². The number of anilines is 2. The van der Waals surface area contributed by atoms with E-state index in [1.807, 2.05) is 0 Å². The van der Waals surface area contributed by atoms with Gasteiger partial charge in [0, 0.05) is 0 Å². The topological polar surface area (TPSA) is 146 Å². The molecule has 0 spiro atoms. The average molecular weight is 315 g/mol. The second-order valence-corrected chi connectivity index (χ2v) is 5.14. The summed E-state index contributed by atoms with van der Waals surface area (Å²) in [4.78, 5) is 21.7. The number of halogens is 1. The highest BCUT2D eigenvalue weighted by atomic mass is 19.1. The molecule has 9 nitrogen and oxygen atoms in total. The molecule has 0 aliphatic carbocycles. The maximum absolute atomic E-state index is 14.3. The molecular formula is C12H18FN5O4. The number of nitrogen functional groups attached to an aromatic ring is 1. The van der Waals surface area contributed by atoms with Gasteiger partial charge in [0.1, 0.15) is 17.9 Å².